The number of benzene rings is 1. The van der Waals surface area contributed by atoms with Gasteiger partial charge in [0, 0.05) is 23.7 Å². The van der Waals surface area contributed by atoms with Crippen LogP contribution < -0.4 is 15.4 Å². The van der Waals surface area contributed by atoms with Crippen molar-refractivity contribution in [2.24, 2.45) is 5.92 Å². The van der Waals surface area contributed by atoms with Crippen LogP contribution in [0.15, 0.2) is 24.3 Å². The lowest BCUT2D eigenvalue weighted by molar-refractivity contribution is -0.120. The Labute approximate surface area is 126 Å². The van der Waals surface area contributed by atoms with Gasteiger partial charge in [-0.3, -0.25) is 4.79 Å². The maximum Gasteiger partial charge on any atom is 0.227 e. The van der Waals surface area contributed by atoms with E-state index in [0.29, 0.717) is 12.6 Å². The molecule has 2 rings (SSSR count). The average molecular weight is 299 g/mol. The average Bonchev–Trinajstić information content (AvgIpc) is 2.39. The third-order valence-corrected chi connectivity index (χ3v) is 3.41. The first-order chi connectivity index (χ1) is 9.19. The van der Waals surface area contributed by atoms with E-state index in [9.17, 15) is 4.79 Å². The summed E-state index contributed by atoms with van der Waals surface area (Å²) in [5.74, 6) is 1.01. The van der Waals surface area contributed by atoms with Crippen molar-refractivity contribution in [3.8, 4) is 5.75 Å². The molecule has 112 valence electrons. The molecule has 0 unspecified atom stereocenters. The molecule has 0 radical (unpaired) electrons. The summed E-state index contributed by atoms with van der Waals surface area (Å²) >= 11 is 0. The van der Waals surface area contributed by atoms with Crippen LogP contribution in [0.3, 0.4) is 0 Å². The summed E-state index contributed by atoms with van der Waals surface area (Å²) in [6.07, 6.45) is 1.80. The van der Waals surface area contributed by atoms with Crippen molar-refractivity contribution in [2.75, 3.05) is 18.5 Å². The van der Waals surface area contributed by atoms with Gasteiger partial charge in [0.1, 0.15) is 5.75 Å². The summed E-state index contributed by atoms with van der Waals surface area (Å²) < 4.78 is 5.43. The van der Waals surface area contributed by atoms with Gasteiger partial charge in [-0.05, 0) is 45.4 Å². The predicted octanol–water partition coefficient (Wildman–Crippen LogP) is 2.83. The molecular weight excluding hydrogens is 276 g/mol. The van der Waals surface area contributed by atoms with Crippen LogP contribution in [0.25, 0.3) is 0 Å². The Bertz CT molecular complexity index is 440. The highest BCUT2D eigenvalue weighted by molar-refractivity contribution is 5.92. The Hall–Kier alpha value is -1.26. The molecule has 0 aliphatic carbocycles. The number of amides is 1. The zero-order valence-electron chi connectivity index (χ0n) is 12.0. The molecule has 2 atom stereocenters. The number of hydrogen-bond donors (Lipinski definition) is 2. The molecule has 5 heteroatoms. The van der Waals surface area contributed by atoms with Gasteiger partial charge < -0.3 is 15.4 Å². The van der Waals surface area contributed by atoms with Gasteiger partial charge in [0.2, 0.25) is 5.91 Å². The van der Waals surface area contributed by atoms with Gasteiger partial charge in [-0.2, -0.15) is 0 Å². The smallest absolute Gasteiger partial charge is 0.227 e. The van der Waals surface area contributed by atoms with E-state index >= 15 is 0 Å². The van der Waals surface area contributed by atoms with E-state index in [0.717, 1.165) is 30.8 Å². The minimum atomic E-state index is 0. The monoisotopic (exact) mass is 298 g/mol. The molecule has 0 spiro atoms. The van der Waals surface area contributed by atoms with E-state index in [4.69, 9.17) is 4.74 Å². The predicted molar refractivity (Wildman–Crippen MR) is 83.7 cm³/mol. The standard InChI is InChI=1S/C15H22N2O2.ClH/c1-3-19-14-6-4-5-13(10-14)17-15(18)12-7-8-16-11(2)9-12;/h4-6,10-12,16H,3,7-9H2,1-2H3,(H,17,18);1H/t11-,12-;/m0./s1. The summed E-state index contributed by atoms with van der Waals surface area (Å²) in [6, 6.07) is 7.97. The highest BCUT2D eigenvalue weighted by atomic mass is 35.5. The molecule has 0 bridgehead atoms. The van der Waals surface area contributed by atoms with Crippen molar-refractivity contribution in [1.82, 2.24) is 5.32 Å². The quantitative estimate of drug-likeness (QED) is 0.899. The lowest BCUT2D eigenvalue weighted by Gasteiger charge is -2.27. The van der Waals surface area contributed by atoms with E-state index in [2.05, 4.69) is 17.6 Å². The molecule has 1 aromatic rings. The normalized spacial score (nSPS) is 21.7. The molecule has 1 fully saturated rings. The fourth-order valence-corrected chi connectivity index (χ4v) is 2.44. The van der Waals surface area contributed by atoms with Gasteiger partial charge in [0.05, 0.1) is 6.61 Å². The molecule has 1 aliphatic heterocycles. The van der Waals surface area contributed by atoms with E-state index in [1.807, 2.05) is 31.2 Å². The van der Waals surface area contributed by atoms with Crippen molar-refractivity contribution in [1.29, 1.82) is 0 Å². The molecule has 0 aromatic heterocycles. The Morgan fingerprint density at radius 3 is 3.00 bits per heavy atom. The van der Waals surface area contributed by atoms with Gasteiger partial charge in [-0.25, -0.2) is 0 Å². The molecular formula is C15H23ClN2O2. The molecule has 20 heavy (non-hydrogen) atoms. The highest BCUT2D eigenvalue weighted by Gasteiger charge is 2.24. The van der Waals surface area contributed by atoms with Crippen LogP contribution in [0.2, 0.25) is 0 Å². The minimum Gasteiger partial charge on any atom is -0.494 e. The van der Waals surface area contributed by atoms with Crippen LogP contribution in [-0.2, 0) is 4.79 Å². The van der Waals surface area contributed by atoms with E-state index in [1.54, 1.807) is 0 Å². The molecule has 1 saturated heterocycles. The van der Waals surface area contributed by atoms with Gasteiger partial charge in [-0.15, -0.1) is 12.4 Å². The number of hydrogen-bond acceptors (Lipinski definition) is 3. The topological polar surface area (TPSA) is 50.4 Å². The maximum absolute atomic E-state index is 12.2. The summed E-state index contributed by atoms with van der Waals surface area (Å²) in [5, 5.41) is 6.34. The fraction of sp³-hybridized carbons (Fsp3) is 0.533. The van der Waals surface area contributed by atoms with Crippen LogP contribution >= 0.6 is 12.4 Å². The number of halogens is 1. The zero-order chi connectivity index (χ0) is 13.7. The third kappa shape index (κ3) is 4.69. The Morgan fingerprint density at radius 1 is 1.50 bits per heavy atom. The largest absolute Gasteiger partial charge is 0.494 e. The lowest BCUT2D eigenvalue weighted by atomic mass is 9.92. The Morgan fingerprint density at radius 2 is 2.30 bits per heavy atom. The van der Waals surface area contributed by atoms with Crippen LogP contribution in [0.4, 0.5) is 5.69 Å². The first-order valence-electron chi connectivity index (χ1n) is 6.96. The first-order valence-corrected chi connectivity index (χ1v) is 6.96. The van der Waals surface area contributed by atoms with Crippen molar-refractivity contribution in [3.63, 3.8) is 0 Å². The molecule has 2 N–H and O–H groups in total. The van der Waals surface area contributed by atoms with Crippen molar-refractivity contribution >= 4 is 24.0 Å². The Balaban J connectivity index is 0.00000200. The summed E-state index contributed by atoms with van der Waals surface area (Å²) in [6.45, 7) is 5.61. The van der Waals surface area contributed by atoms with E-state index in [1.165, 1.54) is 0 Å². The van der Waals surface area contributed by atoms with Crippen molar-refractivity contribution in [2.45, 2.75) is 32.7 Å². The first kappa shape index (κ1) is 16.8. The number of rotatable bonds is 4. The maximum atomic E-state index is 12.2. The van der Waals surface area contributed by atoms with E-state index < -0.39 is 0 Å². The number of carbonyl (C=O) groups excluding carboxylic acids is 1. The molecule has 1 amide bonds. The second-order valence-electron chi connectivity index (χ2n) is 5.03. The summed E-state index contributed by atoms with van der Waals surface area (Å²) in [4.78, 5) is 12.2. The van der Waals surface area contributed by atoms with Crippen LogP contribution in [0.1, 0.15) is 26.7 Å². The van der Waals surface area contributed by atoms with E-state index in [-0.39, 0.29) is 24.2 Å². The van der Waals surface area contributed by atoms with Gasteiger partial charge in [0.25, 0.3) is 0 Å². The van der Waals surface area contributed by atoms with Crippen molar-refractivity contribution in [3.05, 3.63) is 24.3 Å². The van der Waals surface area contributed by atoms with Crippen LogP contribution in [0, 0.1) is 5.92 Å². The number of piperidine rings is 1. The number of nitrogens with one attached hydrogen (secondary N) is 2. The van der Waals surface area contributed by atoms with Gasteiger partial charge in [0.15, 0.2) is 0 Å². The number of carbonyl (C=O) groups is 1. The molecule has 1 aliphatic rings. The van der Waals surface area contributed by atoms with Gasteiger partial charge >= 0.3 is 0 Å². The SMILES string of the molecule is CCOc1cccc(NC(=O)[C@H]2CCN[C@@H](C)C2)c1.Cl. The Kier molecular flexibility index (Phi) is 6.82. The molecule has 1 heterocycles. The molecule has 4 nitrogen and oxygen atoms in total. The van der Waals surface area contributed by atoms with Crippen LogP contribution in [-0.4, -0.2) is 25.1 Å². The van der Waals surface area contributed by atoms with Gasteiger partial charge in [-0.1, -0.05) is 6.07 Å². The highest BCUT2D eigenvalue weighted by Crippen LogP contribution is 2.21. The fourth-order valence-electron chi connectivity index (χ4n) is 2.44. The lowest BCUT2D eigenvalue weighted by Crippen LogP contribution is -2.40. The number of anilines is 1. The summed E-state index contributed by atoms with van der Waals surface area (Å²) in [7, 11) is 0. The molecule has 1 aromatic carbocycles. The third-order valence-electron chi connectivity index (χ3n) is 3.41. The molecule has 0 saturated carbocycles. The zero-order valence-corrected chi connectivity index (χ0v) is 12.8. The number of ether oxygens (including phenoxy) is 1. The minimum absolute atomic E-state index is 0. The summed E-state index contributed by atoms with van der Waals surface area (Å²) in [5.41, 5.74) is 0.808. The second kappa shape index (κ2) is 8.12. The second-order valence-corrected chi connectivity index (χ2v) is 5.03. The van der Waals surface area contributed by atoms with Crippen molar-refractivity contribution < 1.29 is 9.53 Å². The van der Waals surface area contributed by atoms with Crippen LogP contribution in [0.5, 0.6) is 5.75 Å².